The Balaban J connectivity index is 0.00000368. The first-order chi connectivity index (χ1) is 20.7. The van der Waals surface area contributed by atoms with E-state index in [1.54, 1.807) is 0 Å². The third-order valence-corrected chi connectivity index (χ3v) is 8.10. The Morgan fingerprint density at radius 1 is 0.698 bits per heavy atom. The molecule has 0 saturated heterocycles. The van der Waals surface area contributed by atoms with E-state index in [2.05, 4.69) is 82.9 Å². The monoisotopic (exact) mass is 590 g/mol. The Morgan fingerprint density at radius 2 is 1.33 bits per heavy atom. The number of halogens is 1. The Bertz CT molecular complexity index is 1840. The van der Waals surface area contributed by atoms with Crippen LogP contribution in [0.4, 0.5) is 0 Å². The van der Waals surface area contributed by atoms with E-state index in [4.69, 9.17) is 4.98 Å². The van der Waals surface area contributed by atoms with Gasteiger partial charge in [0.15, 0.2) is 24.8 Å². The van der Waals surface area contributed by atoms with Crippen LogP contribution in [0.5, 0.6) is 0 Å². The van der Waals surface area contributed by atoms with E-state index in [0.717, 1.165) is 53.1 Å². The standard InChI is InChI=1S/C37H39N4O.ClH/c1-2-3-4-5-6-7-16-26-40-32-23-14-15-24-33(32)41-35(37(40)42)34(30-20-12-9-13-21-30)38-36(41)31-22-17-25-39(28-31)27-29-18-10-8-11-19-29;/h8-15,17-25,28H,2-7,16,26-27H2,1H3;1H/q+1;/p-1. The molecule has 0 aliphatic carbocycles. The van der Waals surface area contributed by atoms with E-state index >= 15 is 0 Å². The van der Waals surface area contributed by atoms with Gasteiger partial charge in [0.25, 0.3) is 5.56 Å². The fourth-order valence-corrected chi connectivity index (χ4v) is 5.96. The summed E-state index contributed by atoms with van der Waals surface area (Å²) in [4.78, 5) is 19.6. The van der Waals surface area contributed by atoms with Crippen LogP contribution in [-0.4, -0.2) is 14.0 Å². The molecule has 5 nitrogen and oxygen atoms in total. The van der Waals surface area contributed by atoms with Gasteiger partial charge in [0.2, 0.25) is 0 Å². The van der Waals surface area contributed by atoms with Crippen molar-refractivity contribution in [1.82, 2.24) is 14.0 Å². The molecule has 0 aliphatic rings. The summed E-state index contributed by atoms with van der Waals surface area (Å²) in [5, 5.41) is 0. The van der Waals surface area contributed by atoms with Crippen LogP contribution in [0, 0.1) is 0 Å². The minimum atomic E-state index is 0. The van der Waals surface area contributed by atoms with Gasteiger partial charge in [-0.3, -0.25) is 9.20 Å². The van der Waals surface area contributed by atoms with Gasteiger partial charge in [-0.25, -0.2) is 9.55 Å². The topological polar surface area (TPSA) is 43.2 Å². The molecular formula is C37H39ClN4O. The molecular weight excluding hydrogens is 552 g/mol. The normalized spacial score (nSPS) is 11.2. The maximum atomic E-state index is 14.4. The van der Waals surface area contributed by atoms with Crippen molar-refractivity contribution in [2.75, 3.05) is 0 Å². The van der Waals surface area contributed by atoms with Gasteiger partial charge in [0.1, 0.15) is 11.2 Å². The summed E-state index contributed by atoms with van der Waals surface area (Å²) in [5.74, 6) is 0.780. The van der Waals surface area contributed by atoms with Gasteiger partial charge in [-0.15, -0.1) is 0 Å². The van der Waals surface area contributed by atoms with Gasteiger partial charge in [-0.1, -0.05) is 118 Å². The van der Waals surface area contributed by atoms with E-state index in [1.807, 2.05) is 47.0 Å². The van der Waals surface area contributed by atoms with E-state index in [-0.39, 0.29) is 18.0 Å². The number of unbranched alkanes of at least 4 members (excludes halogenated alkanes) is 6. The number of imidazole rings is 1. The third-order valence-electron chi connectivity index (χ3n) is 8.10. The van der Waals surface area contributed by atoms with Gasteiger partial charge < -0.3 is 17.0 Å². The summed E-state index contributed by atoms with van der Waals surface area (Å²) in [7, 11) is 0. The van der Waals surface area contributed by atoms with Crippen LogP contribution in [-0.2, 0) is 13.1 Å². The van der Waals surface area contributed by atoms with E-state index in [1.165, 1.54) is 37.7 Å². The lowest BCUT2D eigenvalue weighted by atomic mass is 10.1. The molecule has 0 bridgehead atoms. The van der Waals surface area contributed by atoms with Gasteiger partial charge in [0, 0.05) is 23.7 Å². The first kappa shape index (κ1) is 30.2. The number of fused-ring (bicyclic) bond motifs is 3. The maximum Gasteiger partial charge on any atom is 0.277 e. The Labute approximate surface area is 259 Å². The average molecular weight is 591 g/mol. The molecule has 0 radical (unpaired) electrons. The fraction of sp³-hybridized carbons (Fsp3) is 0.270. The molecule has 0 N–H and O–H groups in total. The summed E-state index contributed by atoms with van der Waals surface area (Å²) in [6, 6.07) is 33.0. The number of aromatic nitrogens is 4. The molecule has 0 spiro atoms. The van der Waals surface area contributed by atoms with E-state index < -0.39 is 0 Å². The third kappa shape index (κ3) is 6.57. The highest BCUT2D eigenvalue weighted by Gasteiger charge is 2.23. The average Bonchev–Trinajstić information content (AvgIpc) is 3.44. The quantitative estimate of drug-likeness (QED) is 0.147. The van der Waals surface area contributed by atoms with Crippen molar-refractivity contribution >= 4 is 16.6 Å². The molecule has 0 unspecified atom stereocenters. The minimum absolute atomic E-state index is 0. The first-order valence-electron chi connectivity index (χ1n) is 15.4. The lowest BCUT2D eigenvalue weighted by Gasteiger charge is -2.14. The molecule has 6 rings (SSSR count). The second kappa shape index (κ2) is 14.3. The minimum Gasteiger partial charge on any atom is -1.00 e. The smallest absolute Gasteiger partial charge is 0.277 e. The summed E-state index contributed by atoms with van der Waals surface area (Å²) in [6.45, 7) is 3.72. The first-order valence-corrected chi connectivity index (χ1v) is 15.4. The van der Waals surface area contributed by atoms with Crippen LogP contribution in [0.3, 0.4) is 0 Å². The molecule has 3 aromatic heterocycles. The van der Waals surface area contributed by atoms with Crippen molar-refractivity contribution in [2.45, 2.75) is 65.0 Å². The van der Waals surface area contributed by atoms with Crippen molar-refractivity contribution in [3.63, 3.8) is 0 Å². The Morgan fingerprint density at radius 3 is 2.07 bits per heavy atom. The zero-order valence-corrected chi connectivity index (χ0v) is 25.6. The maximum absolute atomic E-state index is 14.4. The number of rotatable bonds is 12. The molecule has 3 heterocycles. The zero-order valence-electron chi connectivity index (χ0n) is 24.8. The summed E-state index contributed by atoms with van der Waals surface area (Å²) in [5.41, 5.74) is 6.49. The Kier molecular flexibility index (Phi) is 10.1. The largest absolute Gasteiger partial charge is 1.00 e. The second-order valence-corrected chi connectivity index (χ2v) is 11.2. The van der Waals surface area contributed by atoms with Crippen LogP contribution in [0.2, 0.25) is 0 Å². The number of benzene rings is 3. The number of aryl methyl sites for hydroxylation is 1. The predicted molar refractivity (Wildman–Crippen MR) is 172 cm³/mol. The van der Waals surface area contributed by atoms with Crippen molar-refractivity contribution < 1.29 is 17.0 Å². The molecule has 6 heteroatoms. The molecule has 3 aromatic carbocycles. The van der Waals surface area contributed by atoms with Crippen LogP contribution in [0.25, 0.3) is 39.2 Å². The molecule has 0 atom stereocenters. The van der Waals surface area contributed by atoms with Crippen LogP contribution >= 0.6 is 0 Å². The van der Waals surface area contributed by atoms with Crippen LogP contribution in [0.1, 0.15) is 57.4 Å². The number of para-hydroxylation sites is 2. The zero-order chi connectivity index (χ0) is 28.7. The highest BCUT2D eigenvalue weighted by atomic mass is 35.5. The summed E-state index contributed by atoms with van der Waals surface area (Å²) >= 11 is 0. The van der Waals surface area contributed by atoms with Crippen LogP contribution < -0.4 is 22.5 Å². The number of hydrogen-bond donors (Lipinski definition) is 0. The summed E-state index contributed by atoms with van der Waals surface area (Å²) < 4.78 is 6.25. The molecule has 6 aromatic rings. The number of nitrogens with zero attached hydrogens (tertiary/aromatic N) is 4. The van der Waals surface area contributed by atoms with Crippen molar-refractivity contribution in [3.8, 4) is 22.6 Å². The molecule has 0 fully saturated rings. The highest BCUT2D eigenvalue weighted by molar-refractivity contribution is 5.88. The molecule has 0 amide bonds. The lowest BCUT2D eigenvalue weighted by Crippen LogP contribution is -3.00. The lowest BCUT2D eigenvalue weighted by molar-refractivity contribution is -0.687. The summed E-state index contributed by atoms with van der Waals surface area (Å²) in [6.07, 6.45) is 12.7. The number of hydrogen-bond acceptors (Lipinski definition) is 2. The van der Waals surface area contributed by atoms with Crippen molar-refractivity contribution in [1.29, 1.82) is 0 Å². The molecule has 43 heavy (non-hydrogen) atoms. The highest BCUT2D eigenvalue weighted by Crippen LogP contribution is 2.31. The molecule has 220 valence electrons. The molecule has 0 aliphatic heterocycles. The van der Waals surface area contributed by atoms with Gasteiger partial charge >= 0.3 is 0 Å². The van der Waals surface area contributed by atoms with Gasteiger partial charge in [-0.05, 0) is 24.6 Å². The number of pyridine rings is 1. The SMILES string of the molecule is CCCCCCCCCn1c(=O)c2c(-c3ccccc3)nc(-c3ccc[n+](Cc4ccccc4)c3)n2c2ccccc21.[Cl-]. The van der Waals surface area contributed by atoms with Crippen molar-refractivity contribution in [3.05, 3.63) is 125 Å². The predicted octanol–water partition coefficient (Wildman–Crippen LogP) is 5.07. The van der Waals surface area contributed by atoms with Gasteiger partial charge in [-0.2, -0.15) is 0 Å². The van der Waals surface area contributed by atoms with E-state index in [0.29, 0.717) is 12.1 Å². The fourth-order valence-electron chi connectivity index (χ4n) is 5.96. The van der Waals surface area contributed by atoms with Crippen LogP contribution in [0.15, 0.2) is 114 Å². The van der Waals surface area contributed by atoms with Crippen molar-refractivity contribution in [2.24, 2.45) is 0 Å². The second-order valence-electron chi connectivity index (χ2n) is 11.2. The molecule has 0 saturated carbocycles. The Hall–Kier alpha value is -4.22. The van der Waals surface area contributed by atoms with E-state index in [9.17, 15) is 4.79 Å². The van der Waals surface area contributed by atoms with Gasteiger partial charge in [0.05, 0.1) is 16.6 Å².